The molecule has 0 radical (unpaired) electrons. The number of benzene rings is 3. The average Bonchev–Trinajstić information content (AvgIpc) is 3.59. The molecule has 0 saturated carbocycles. The number of fused-ring (bicyclic) bond motifs is 1. The van der Waals surface area contributed by atoms with Crippen LogP contribution in [0.4, 0.5) is 0 Å². The van der Waals surface area contributed by atoms with Crippen LogP contribution < -0.4 is 5.32 Å². The smallest absolute Gasteiger partial charge is 0.356 e. The molecule has 3 aromatic carbocycles. The van der Waals surface area contributed by atoms with Crippen LogP contribution in [-0.2, 0) is 25.5 Å². The Balaban J connectivity index is 1.22. The number of hydrogen-bond acceptors (Lipinski definition) is 9. The predicted molar refractivity (Wildman–Crippen MR) is 173 cm³/mol. The van der Waals surface area contributed by atoms with Crippen LogP contribution in [-0.4, -0.2) is 66.8 Å². The van der Waals surface area contributed by atoms with Crippen molar-refractivity contribution in [3.05, 3.63) is 124 Å². The highest BCUT2D eigenvalue weighted by molar-refractivity contribution is 8.07. The lowest BCUT2D eigenvalue weighted by atomic mass is 10.0. The number of amides is 2. The molecule has 0 spiro atoms. The Kier molecular flexibility index (Phi) is 9.69. The summed E-state index contributed by atoms with van der Waals surface area (Å²) in [6.45, 7) is 0. The van der Waals surface area contributed by atoms with E-state index in [-0.39, 0.29) is 23.9 Å². The quantitative estimate of drug-likeness (QED) is 0.0970. The first-order valence-electron chi connectivity index (χ1n) is 14.0. The zero-order chi connectivity index (χ0) is 30.3. The Morgan fingerprint density at radius 2 is 1.59 bits per heavy atom. The molecule has 0 bridgehead atoms. The van der Waals surface area contributed by atoms with Crippen molar-refractivity contribution in [2.75, 3.05) is 17.3 Å². The first-order valence-corrected chi connectivity index (χ1v) is 17.0. The van der Waals surface area contributed by atoms with Gasteiger partial charge in [-0.05, 0) is 16.7 Å². The van der Waals surface area contributed by atoms with E-state index in [2.05, 4.69) is 20.7 Å². The number of rotatable bonds is 12. The van der Waals surface area contributed by atoms with Crippen molar-refractivity contribution < 1.29 is 19.1 Å². The summed E-state index contributed by atoms with van der Waals surface area (Å²) in [6.07, 6.45) is 1.18. The number of carbonyl (C=O) groups is 3. The number of aromatic nitrogens is 3. The standard InChI is InChI=1S/C32H29N5O4S3/c38-25(18-21-10-4-1-5-11-21)34-27-30(39)37-28(24(20-44-31(27)37)42-16-17-43-26-19-33-36-35-26)32(40)41-29(22-12-6-2-7-13-22)23-14-8-3-9-15-23/h1-15,19,27,29,31H,16-18,20H2,(H,34,38)(H,33,35,36)/t27?,31-/m0/s1. The largest absolute Gasteiger partial charge is 0.448 e. The van der Waals surface area contributed by atoms with Gasteiger partial charge in [0.05, 0.1) is 12.6 Å². The second kappa shape index (κ2) is 14.2. The van der Waals surface area contributed by atoms with E-state index >= 15 is 0 Å². The molecular weight excluding hydrogens is 615 g/mol. The summed E-state index contributed by atoms with van der Waals surface area (Å²) >= 11 is 4.62. The summed E-state index contributed by atoms with van der Waals surface area (Å²) in [7, 11) is 0. The molecule has 9 nitrogen and oxygen atoms in total. The van der Waals surface area contributed by atoms with Crippen LogP contribution in [0.1, 0.15) is 22.8 Å². The average molecular weight is 644 g/mol. The molecule has 44 heavy (non-hydrogen) atoms. The maximum Gasteiger partial charge on any atom is 0.356 e. The fourth-order valence-electron chi connectivity index (χ4n) is 5.02. The number of hydrogen-bond donors (Lipinski definition) is 2. The minimum atomic E-state index is -0.715. The van der Waals surface area contributed by atoms with Gasteiger partial charge in [0.15, 0.2) is 6.10 Å². The van der Waals surface area contributed by atoms with Crippen LogP contribution in [0.15, 0.2) is 113 Å². The van der Waals surface area contributed by atoms with E-state index < -0.39 is 23.5 Å². The molecule has 3 heterocycles. The van der Waals surface area contributed by atoms with Crippen molar-refractivity contribution in [2.24, 2.45) is 0 Å². The van der Waals surface area contributed by atoms with Gasteiger partial charge in [-0.3, -0.25) is 14.5 Å². The second-order valence-electron chi connectivity index (χ2n) is 10.0. The van der Waals surface area contributed by atoms with E-state index in [1.165, 1.54) is 28.4 Å². The van der Waals surface area contributed by atoms with Gasteiger partial charge in [0.25, 0.3) is 5.91 Å². The van der Waals surface area contributed by atoms with Crippen LogP contribution in [0.5, 0.6) is 0 Å². The SMILES string of the molecule is O=C(Cc1ccccc1)NC1C(=O)N2C(C(=O)OC(c3ccccc3)c3ccccc3)=C(SCCSc3cn[nH]n3)CS[C@@H]12. The highest BCUT2D eigenvalue weighted by Crippen LogP contribution is 2.44. The molecule has 2 N–H and O–H groups in total. The number of nitrogens with one attached hydrogen (secondary N) is 2. The molecule has 12 heteroatoms. The van der Waals surface area contributed by atoms with Crippen molar-refractivity contribution in [1.29, 1.82) is 0 Å². The van der Waals surface area contributed by atoms with Gasteiger partial charge in [0.1, 0.15) is 22.1 Å². The Morgan fingerprint density at radius 1 is 0.955 bits per heavy atom. The molecule has 2 aliphatic rings. The second-order valence-corrected chi connectivity index (χ2v) is 13.4. The monoisotopic (exact) mass is 643 g/mol. The van der Waals surface area contributed by atoms with Gasteiger partial charge in [-0.2, -0.15) is 10.3 Å². The Bertz CT molecular complexity index is 1580. The van der Waals surface area contributed by atoms with Gasteiger partial charge < -0.3 is 10.1 Å². The molecule has 1 saturated heterocycles. The molecule has 2 amide bonds. The zero-order valence-corrected chi connectivity index (χ0v) is 25.9. The van der Waals surface area contributed by atoms with Gasteiger partial charge >= 0.3 is 5.97 Å². The first kappa shape index (κ1) is 30.0. The molecule has 4 aromatic rings. The van der Waals surface area contributed by atoms with E-state index in [0.29, 0.717) is 11.5 Å². The highest BCUT2D eigenvalue weighted by Gasteiger charge is 2.54. The lowest BCUT2D eigenvalue weighted by molar-refractivity contribution is -0.154. The molecule has 2 aliphatic heterocycles. The maximum absolute atomic E-state index is 14.1. The number of carbonyl (C=O) groups excluding carboxylic acids is 3. The molecular formula is C32H29N5O4S3. The van der Waals surface area contributed by atoms with Crippen molar-refractivity contribution in [3.63, 3.8) is 0 Å². The third-order valence-corrected chi connectivity index (χ3v) is 10.8. The highest BCUT2D eigenvalue weighted by atomic mass is 32.2. The van der Waals surface area contributed by atoms with E-state index in [1.807, 2.05) is 91.0 Å². The summed E-state index contributed by atoms with van der Waals surface area (Å²) in [5, 5.41) is 13.8. The van der Waals surface area contributed by atoms with E-state index in [0.717, 1.165) is 32.4 Å². The number of ether oxygens (including phenoxy) is 1. The van der Waals surface area contributed by atoms with Crippen molar-refractivity contribution in [2.45, 2.75) is 29.0 Å². The maximum atomic E-state index is 14.1. The molecule has 6 rings (SSSR count). The summed E-state index contributed by atoms with van der Waals surface area (Å²) < 4.78 is 6.23. The zero-order valence-electron chi connectivity index (χ0n) is 23.5. The van der Waals surface area contributed by atoms with Crippen LogP contribution in [0.25, 0.3) is 0 Å². The van der Waals surface area contributed by atoms with Gasteiger partial charge in [-0.25, -0.2) is 4.79 Å². The molecule has 1 fully saturated rings. The molecule has 1 unspecified atom stereocenters. The number of esters is 1. The van der Waals surface area contributed by atoms with E-state index in [9.17, 15) is 14.4 Å². The number of nitrogens with zero attached hydrogens (tertiary/aromatic N) is 3. The molecule has 224 valence electrons. The van der Waals surface area contributed by atoms with Crippen LogP contribution >= 0.6 is 35.3 Å². The number of thioether (sulfide) groups is 3. The summed E-state index contributed by atoms with van der Waals surface area (Å²) in [6, 6.07) is 27.8. The molecule has 0 aliphatic carbocycles. The number of H-pyrrole nitrogens is 1. The summed E-state index contributed by atoms with van der Waals surface area (Å²) in [4.78, 5) is 42.8. The molecule has 2 atom stereocenters. The Hall–Kier alpha value is -4.00. The normalized spacial score (nSPS) is 17.7. The van der Waals surface area contributed by atoms with Gasteiger partial charge in [0, 0.05) is 22.2 Å². The molecule has 1 aromatic heterocycles. The fourth-order valence-corrected chi connectivity index (χ4v) is 8.42. The van der Waals surface area contributed by atoms with Crippen molar-refractivity contribution in [1.82, 2.24) is 25.6 Å². The Labute approximate surface area is 267 Å². The summed E-state index contributed by atoms with van der Waals surface area (Å²) in [5.74, 6) is 0.823. The van der Waals surface area contributed by atoms with E-state index in [1.54, 1.807) is 18.0 Å². The van der Waals surface area contributed by atoms with Gasteiger partial charge in [-0.1, -0.05) is 91.0 Å². The predicted octanol–water partition coefficient (Wildman–Crippen LogP) is 4.82. The van der Waals surface area contributed by atoms with Crippen LogP contribution in [0.3, 0.4) is 0 Å². The minimum Gasteiger partial charge on any atom is -0.448 e. The lowest BCUT2D eigenvalue weighted by Crippen LogP contribution is -2.70. The summed E-state index contributed by atoms with van der Waals surface area (Å²) in [5.41, 5.74) is 2.77. The fraction of sp³-hybridized carbons (Fsp3) is 0.219. The first-order chi connectivity index (χ1) is 21.6. The Morgan fingerprint density at radius 3 is 2.23 bits per heavy atom. The topological polar surface area (TPSA) is 117 Å². The van der Waals surface area contributed by atoms with Crippen LogP contribution in [0.2, 0.25) is 0 Å². The van der Waals surface area contributed by atoms with Gasteiger partial charge in [-0.15, -0.1) is 40.4 Å². The van der Waals surface area contributed by atoms with Crippen molar-refractivity contribution in [3.8, 4) is 0 Å². The number of aromatic amines is 1. The van der Waals surface area contributed by atoms with Crippen molar-refractivity contribution >= 4 is 53.1 Å². The van der Waals surface area contributed by atoms with E-state index in [4.69, 9.17) is 4.74 Å². The third kappa shape index (κ3) is 6.87. The number of β-lactam (4-membered cyclic amide) rings is 1. The van der Waals surface area contributed by atoms with Crippen LogP contribution in [0, 0.1) is 0 Å². The van der Waals surface area contributed by atoms with Gasteiger partial charge in [0.2, 0.25) is 5.91 Å². The third-order valence-electron chi connectivity index (χ3n) is 7.08. The lowest BCUT2D eigenvalue weighted by Gasteiger charge is -2.49. The minimum absolute atomic E-state index is 0.173.